The molecule has 0 saturated heterocycles. The van der Waals surface area contributed by atoms with Crippen LogP contribution in [0.3, 0.4) is 0 Å². The van der Waals surface area contributed by atoms with Crippen LogP contribution < -0.4 is 10.6 Å². The Morgan fingerprint density at radius 3 is 2.35 bits per heavy atom. The van der Waals surface area contributed by atoms with Gasteiger partial charge in [0.25, 0.3) is 0 Å². The van der Waals surface area contributed by atoms with Crippen molar-refractivity contribution in [2.45, 2.75) is 65.5 Å². The summed E-state index contributed by atoms with van der Waals surface area (Å²) >= 11 is 0. The number of hydrogen-bond acceptors (Lipinski definition) is 2. The predicted octanol–water partition coefficient (Wildman–Crippen LogP) is 2.32. The van der Waals surface area contributed by atoms with E-state index in [4.69, 9.17) is 0 Å². The van der Waals surface area contributed by atoms with E-state index in [1.165, 1.54) is 6.42 Å². The summed E-state index contributed by atoms with van der Waals surface area (Å²) in [4.78, 5) is 11.8. The molecule has 1 aliphatic rings. The lowest BCUT2D eigenvalue weighted by molar-refractivity contribution is -0.122. The molecule has 1 rings (SSSR count). The molecule has 17 heavy (non-hydrogen) atoms. The summed E-state index contributed by atoms with van der Waals surface area (Å²) in [5, 5.41) is 6.50. The minimum Gasteiger partial charge on any atom is -0.353 e. The highest BCUT2D eigenvalue weighted by Crippen LogP contribution is 2.30. The summed E-state index contributed by atoms with van der Waals surface area (Å²) in [5.41, 5.74) is 0.0927. The number of rotatable bonds is 4. The van der Waals surface area contributed by atoms with Gasteiger partial charge in [-0.2, -0.15) is 0 Å². The van der Waals surface area contributed by atoms with Crippen molar-refractivity contribution in [3.63, 3.8) is 0 Å². The minimum absolute atomic E-state index is 0.0927. The van der Waals surface area contributed by atoms with Gasteiger partial charge < -0.3 is 10.6 Å². The van der Waals surface area contributed by atoms with Gasteiger partial charge in [0.2, 0.25) is 5.91 Å². The average Bonchev–Trinajstić information content (AvgIpc) is 2.47. The molecule has 0 spiro atoms. The molecule has 3 unspecified atom stereocenters. The quantitative estimate of drug-likeness (QED) is 0.792. The summed E-state index contributed by atoms with van der Waals surface area (Å²) in [7, 11) is 0. The fourth-order valence-corrected chi connectivity index (χ4v) is 2.40. The normalized spacial score (nSPS) is 29.4. The van der Waals surface area contributed by atoms with Crippen LogP contribution in [0.2, 0.25) is 0 Å². The largest absolute Gasteiger partial charge is 0.353 e. The molecule has 0 aromatic rings. The lowest BCUT2D eigenvalue weighted by atomic mass is 9.98. The first-order valence-electron chi connectivity index (χ1n) is 6.84. The van der Waals surface area contributed by atoms with E-state index in [-0.39, 0.29) is 11.4 Å². The molecule has 1 fully saturated rings. The molecule has 100 valence electrons. The first-order valence-corrected chi connectivity index (χ1v) is 6.84. The molecule has 0 radical (unpaired) electrons. The van der Waals surface area contributed by atoms with Crippen molar-refractivity contribution in [1.82, 2.24) is 10.6 Å². The van der Waals surface area contributed by atoms with Crippen LogP contribution in [0.5, 0.6) is 0 Å². The maximum Gasteiger partial charge on any atom is 0.221 e. The zero-order valence-electron chi connectivity index (χ0n) is 12.0. The van der Waals surface area contributed by atoms with Gasteiger partial charge in [-0.05, 0) is 45.4 Å². The van der Waals surface area contributed by atoms with Crippen molar-refractivity contribution >= 4 is 5.91 Å². The van der Waals surface area contributed by atoms with E-state index in [2.05, 4.69) is 45.3 Å². The van der Waals surface area contributed by atoms with Gasteiger partial charge >= 0.3 is 0 Å². The van der Waals surface area contributed by atoms with Crippen LogP contribution in [-0.4, -0.2) is 24.0 Å². The first kappa shape index (κ1) is 14.5. The Hall–Kier alpha value is -0.570. The molecule has 3 heteroatoms. The number of amides is 1. The standard InChI is InChI=1S/C14H28N2O/c1-10-6-7-12(11(10)2)16-13(17)8-9-15-14(3,4)5/h10-12,15H,6-9H2,1-5H3,(H,16,17). The monoisotopic (exact) mass is 240 g/mol. The molecule has 3 atom stereocenters. The van der Waals surface area contributed by atoms with E-state index in [0.29, 0.717) is 18.4 Å². The van der Waals surface area contributed by atoms with Crippen LogP contribution in [0, 0.1) is 11.8 Å². The lowest BCUT2D eigenvalue weighted by Gasteiger charge is -2.22. The van der Waals surface area contributed by atoms with Crippen molar-refractivity contribution in [3.05, 3.63) is 0 Å². The smallest absolute Gasteiger partial charge is 0.221 e. The molecule has 2 N–H and O–H groups in total. The van der Waals surface area contributed by atoms with Gasteiger partial charge in [0.1, 0.15) is 0 Å². The average molecular weight is 240 g/mol. The molecule has 1 saturated carbocycles. The van der Waals surface area contributed by atoms with Crippen molar-refractivity contribution in [2.75, 3.05) is 6.54 Å². The molecule has 0 aromatic carbocycles. The van der Waals surface area contributed by atoms with Crippen molar-refractivity contribution in [1.29, 1.82) is 0 Å². The van der Waals surface area contributed by atoms with E-state index >= 15 is 0 Å². The minimum atomic E-state index is 0.0927. The Kier molecular flexibility index (Phi) is 4.99. The van der Waals surface area contributed by atoms with Crippen LogP contribution in [0.25, 0.3) is 0 Å². The highest BCUT2D eigenvalue weighted by molar-refractivity contribution is 5.76. The van der Waals surface area contributed by atoms with Crippen LogP contribution >= 0.6 is 0 Å². The van der Waals surface area contributed by atoms with Crippen molar-refractivity contribution < 1.29 is 4.79 Å². The topological polar surface area (TPSA) is 41.1 Å². The summed E-state index contributed by atoms with van der Waals surface area (Å²) < 4.78 is 0. The third-order valence-corrected chi connectivity index (χ3v) is 3.82. The molecular weight excluding hydrogens is 212 g/mol. The Balaban J connectivity index is 2.22. The third kappa shape index (κ3) is 5.07. The fraction of sp³-hybridized carbons (Fsp3) is 0.929. The van der Waals surface area contributed by atoms with E-state index in [9.17, 15) is 4.79 Å². The maximum atomic E-state index is 11.8. The third-order valence-electron chi connectivity index (χ3n) is 3.82. The maximum absolute atomic E-state index is 11.8. The number of carbonyl (C=O) groups is 1. The van der Waals surface area contributed by atoms with Gasteiger partial charge in [-0.25, -0.2) is 0 Å². The van der Waals surface area contributed by atoms with Gasteiger partial charge in [0.15, 0.2) is 0 Å². The van der Waals surface area contributed by atoms with Crippen molar-refractivity contribution in [3.8, 4) is 0 Å². The molecular formula is C14H28N2O. The van der Waals surface area contributed by atoms with E-state index in [1.807, 2.05) is 0 Å². The highest BCUT2D eigenvalue weighted by atomic mass is 16.1. The second-order valence-electron chi connectivity index (χ2n) is 6.51. The second-order valence-corrected chi connectivity index (χ2v) is 6.51. The van der Waals surface area contributed by atoms with Gasteiger partial charge in [-0.3, -0.25) is 4.79 Å². The van der Waals surface area contributed by atoms with Crippen LogP contribution in [0.1, 0.15) is 53.9 Å². The van der Waals surface area contributed by atoms with Gasteiger partial charge in [-0.1, -0.05) is 13.8 Å². The van der Waals surface area contributed by atoms with E-state index in [1.54, 1.807) is 0 Å². The Morgan fingerprint density at radius 2 is 1.88 bits per heavy atom. The molecule has 0 aromatic heterocycles. The zero-order valence-corrected chi connectivity index (χ0v) is 12.0. The van der Waals surface area contributed by atoms with Gasteiger partial charge in [0, 0.05) is 24.5 Å². The number of hydrogen-bond donors (Lipinski definition) is 2. The van der Waals surface area contributed by atoms with Crippen LogP contribution in [-0.2, 0) is 4.79 Å². The lowest BCUT2D eigenvalue weighted by Crippen LogP contribution is -2.41. The molecule has 0 aliphatic heterocycles. The number of nitrogens with one attached hydrogen (secondary N) is 2. The first-order chi connectivity index (χ1) is 7.79. The number of carbonyl (C=O) groups excluding carboxylic acids is 1. The summed E-state index contributed by atoms with van der Waals surface area (Å²) in [6, 6.07) is 0.395. The Labute approximate surface area is 106 Å². The van der Waals surface area contributed by atoms with Gasteiger partial charge in [0.05, 0.1) is 0 Å². The summed E-state index contributed by atoms with van der Waals surface area (Å²) in [6.45, 7) is 11.6. The fourth-order valence-electron chi connectivity index (χ4n) is 2.40. The Morgan fingerprint density at radius 1 is 1.24 bits per heavy atom. The van der Waals surface area contributed by atoms with Crippen LogP contribution in [0.15, 0.2) is 0 Å². The highest BCUT2D eigenvalue weighted by Gasteiger charge is 2.30. The summed E-state index contributed by atoms with van der Waals surface area (Å²) in [6.07, 6.45) is 2.96. The summed E-state index contributed by atoms with van der Waals surface area (Å²) in [5.74, 6) is 1.55. The second kappa shape index (κ2) is 5.85. The zero-order chi connectivity index (χ0) is 13.1. The van der Waals surface area contributed by atoms with Crippen molar-refractivity contribution in [2.24, 2.45) is 11.8 Å². The van der Waals surface area contributed by atoms with E-state index < -0.39 is 0 Å². The predicted molar refractivity (Wildman–Crippen MR) is 71.9 cm³/mol. The molecule has 1 aliphatic carbocycles. The van der Waals surface area contributed by atoms with E-state index in [0.717, 1.165) is 18.9 Å². The molecule has 1 amide bonds. The molecule has 3 nitrogen and oxygen atoms in total. The molecule has 0 heterocycles. The SMILES string of the molecule is CC1CCC(NC(=O)CCNC(C)(C)C)C1C. The van der Waals surface area contributed by atoms with Gasteiger partial charge in [-0.15, -0.1) is 0 Å². The Bertz CT molecular complexity index is 257. The van der Waals surface area contributed by atoms with Crippen LogP contribution in [0.4, 0.5) is 0 Å². The molecule has 0 bridgehead atoms.